The molecule has 2 unspecified atom stereocenters. The van der Waals surface area contributed by atoms with E-state index in [1.807, 2.05) is 6.92 Å². The number of β-lactam (4-membered cyclic amide) rings is 1. The first-order valence-electron chi connectivity index (χ1n) is 10.0. The SMILES string of the molecule is CC1N(Cc2ncno2)C(=O)C12CCCN2C(=O)[C@@H](NC(=O)OC(C)(C)C)[C@@H](C)O. The molecule has 3 heterocycles. The normalized spacial score (nSPS) is 25.8. The number of nitrogens with zero attached hydrogens (tertiary/aromatic N) is 4. The van der Waals surface area contributed by atoms with Crippen LogP contribution in [-0.2, 0) is 20.9 Å². The first-order chi connectivity index (χ1) is 14.0. The Labute approximate surface area is 174 Å². The number of hydrogen-bond donors (Lipinski definition) is 2. The van der Waals surface area contributed by atoms with Gasteiger partial charge in [-0.2, -0.15) is 4.98 Å². The minimum Gasteiger partial charge on any atom is -0.444 e. The molecular formula is C19H29N5O6. The zero-order valence-electron chi connectivity index (χ0n) is 17.9. The van der Waals surface area contributed by atoms with Gasteiger partial charge >= 0.3 is 6.09 Å². The molecule has 2 aliphatic heterocycles. The van der Waals surface area contributed by atoms with E-state index in [9.17, 15) is 19.5 Å². The zero-order chi connectivity index (χ0) is 22.3. The van der Waals surface area contributed by atoms with Crippen LogP contribution in [0.15, 0.2) is 10.9 Å². The Morgan fingerprint density at radius 3 is 2.70 bits per heavy atom. The van der Waals surface area contributed by atoms with Crippen molar-refractivity contribution in [3.63, 3.8) is 0 Å². The second kappa shape index (κ2) is 7.86. The van der Waals surface area contributed by atoms with Crippen LogP contribution in [0, 0.1) is 0 Å². The van der Waals surface area contributed by atoms with Crippen molar-refractivity contribution in [2.45, 2.75) is 83.3 Å². The Kier molecular flexibility index (Phi) is 5.76. The van der Waals surface area contributed by atoms with Gasteiger partial charge in [-0.05, 0) is 47.5 Å². The van der Waals surface area contributed by atoms with E-state index >= 15 is 0 Å². The molecular weight excluding hydrogens is 394 g/mol. The van der Waals surface area contributed by atoms with Crippen LogP contribution in [0.3, 0.4) is 0 Å². The number of nitrogens with one attached hydrogen (secondary N) is 1. The summed E-state index contributed by atoms with van der Waals surface area (Å²) in [6, 6.07) is -1.50. The lowest BCUT2D eigenvalue weighted by Crippen LogP contribution is -2.78. The van der Waals surface area contributed by atoms with E-state index in [4.69, 9.17) is 9.26 Å². The Balaban J connectivity index is 1.75. The largest absolute Gasteiger partial charge is 0.444 e. The van der Waals surface area contributed by atoms with Crippen LogP contribution in [-0.4, -0.2) is 78.8 Å². The molecule has 1 aromatic rings. The number of carbonyl (C=O) groups excluding carboxylic acids is 3. The maximum Gasteiger partial charge on any atom is 0.408 e. The van der Waals surface area contributed by atoms with Crippen LogP contribution in [0.4, 0.5) is 4.79 Å². The van der Waals surface area contributed by atoms with Crippen molar-refractivity contribution >= 4 is 17.9 Å². The molecule has 0 radical (unpaired) electrons. The highest BCUT2D eigenvalue weighted by Crippen LogP contribution is 2.45. The molecule has 1 aromatic heterocycles. The Hall–Kier alpha value is -2.69. The minimum absolute atomic E-state index is 0.166. The summed E-state index contributed by atoms with van der Waals surface area (Å²) in [6.45, 7) is 8.91. The number of hydrogen-bond acceptors (Lipinski definition) is 8. The first kappa shape index (κ1) is 22.0. The third-order valence-corrected chi connectivity index (χ3v) is 5.61. The van der Waals surface area contributed by atoms with E-state index in [-0.39, 0.29) is 18.5 Å². The lowest BCUT2D eigenvalue weighted by atomic mass is 9.77. The lowest BCUT2D eigenvalue weighted by molar-refractivity contribution is -0.180. The summed E-state index contributed by atoms with van der Waals surface area (Å²) in [6.07, 6.45) is 0.456. The third-order valence-electron chi connectivity index (χ3n) is 5.61. The molecule has 2 saturated heterocycles. The maximum atomic E-state index is 13.3. The standard InChI is InChI=1S/C19H29N5O6/c1-11(25)14(22-17(28)29-18(3,4)5)15(26)24-8-6-7-19(24)12(2)23(16(19)27)9-13-20-10-21-30-13/h10-12,14,25H,6-9H2,1-5H3,(H,22,28)/t11-,12?,14+,19?/m1/s1. The molecule has 3 amide bonds. The molecule has 3 rings (SSSR count). The predicted molar refractivity (Wildman–Crippen MR) is 103 cm³/mol. The fourth-order valence-electron chi connectivity index (χ4n) is 4.21. The number of likely N-dealkylation sites (tertiary alicyclic amines) is 2. The van der Waals surface area contributed by atoms with Gasteiger partial charge in [0.1, 0.15) is 23.7 Å². The third kappa shape index (κ3) is 3.85. The van der Waals surface area contributed by atoms with Gasteiger partial charge in [-0.25, -0.2) is 4.79 Å². The molecule has 0 aliphatic carbocycles. The van der Waals surface area contributed by atoms with Crippen molar-refractivity contribution < 1.29 is 28.8 Å². The number of aliphatic hydroxyl groups excluding tert-OH is 1. The summed E-state index contributed by atoms with van der Waals surface area (Å²) in [7, 11) is 0. The van der Waals surface area contributed by atoms with Gasteiger partial charge < -0.3 is 29.5 Å². The van der Waals surface area contributed by atoms with Gasteiger partial charge in [-0.3, -0.25) is 9.59 Å². The van der Waals surface area contributed by atoms with Gasteiger partial charge in [-0.1, -0.05) is 5.16 Å². The van der Waals surface area contributed by atoms with Crippen molar-refractivity contribution in [3.8, 4) is 0 Å². The monoisotopic (exact) mass is 423 g/mol. The highest BCUT2D eigenvalue weighted by atomic mass is 16.6. The summed E-state index contributed by atoms with van der Waals surface area (Å²) in [5.74, 6) is -0.402. The summed E-state index contributed by atoms with van der Waals surface area (Å²) in [4.78, 5) is 45.6. The van der Waals surface area contributed by atoms with E-state index in [1.165, 1.54) is 18.2 Å². The predicted octanol–water partition coefficient (Wildman–Crippen LogP) is 0.436. The fourth-order valence-corrected chi connectivity index (χ4v) is 4.21. The molecule has 2 N–H and O–H groups in total. The minimum atomic E-state index is -1.22. The number of ether oxygens (including phenoxy) is 1. The number of carbonyl (C=O) groups is 3. The maximum absolute atomic E-state index is 13.3. The van der Waals surface area contributed by atoms with Crippen LogP contribution in [0.2, 0.25) is 0 Å². The van der Waals surface area contributed by atoms with Crippen molar-refractivity contribution in [1.29, 1.82) is 0 Å². The van der Waals surface area contributed by atoms with Crippen LogP contribution in [0.1, 0.15) is 53.4 Å². The van der Waals surface area contributed by atoms with Gasteiger partial charge in [-0.15, -0.1) is 0 Å². The van der Waals surface area contributed by atoms with Crippen molar-refractivity contribution in [1.82, 2.24) is 25.3 Å². The zero-order valence-corrected chi connectivity index (χ0v) is 17.9. The number of rotatable bonds is 5. The Bertz CT molecular complexity index is 805. The summed E-state index contributed by atoms with van der Waals surface area (Å²) in [5, 5.41) is 16.2. The number of alkyl carbamates (subject to hydrolysis) is 1. The molecule has 0 aromatic carbocycles. The number of aliphatic hydroxyl groups is 1. The van der Waals surface area contributed by atoms with Crippen molar-refractivity contribution in [2.75, 3.05) is 6.54 Å². The van der Waals surface area contributed by atoms with E-state index in [0.717, 1.165) is 0 Å². The molecule has 1 spiro atoms. The van der Waals surface area contributed by atoms with E-state index in [1.54, 1.807) is 25.7 Å². The fraction of sp³-hybridized carbons (Fsp3) is 0.737. The summed E-state index contributed by atoms with van der Waals surface area (Å²) < 4.78 is 10.2. The molecule has 4 atom stereocenters. The Morgan fingerprint density at radius 2 is 2.17 bits per heavy atom. The van der Waals surface area contributed by atoms with Gasteiger partial charge in [0.05, 0.1) is 12.1 Å². The van der Waals surface area contributed by atoms with Crippen LogP contribution < -0.4 is 5.32 Å². The molecule has 166 valence electrons. The quantitative estimate of drug-likeness (QED) is 0.651. The highest BCUT2D eigenvalue weighted by molar-refractivity contribution is 6.00. The van der Waals surface area contributed by atoms with E-state index in [0.29, 0.717) is 25.3 Å². The van der Waals surface area contributed by atoms with Gasteiger partial charge in [0.25, 0.3) is 5.91 Å². The van der Waals surface area contributed by atoms with Gasteiger partial charge in [0, 0.05) is 6.54 Å². The lowest BCUT2D eigenvalue weighted by Gasteiger charge is -2.56. The molecule has 0 bridgehead atoms. The second-order valence-corrected chi connectivity index (χ2v) is 8.83. The van der Waals surface area contributed by atoms with E-state index in [2.05, 4.69) is 15.5 Å². The van der Waals surface area contributed by atoms with Crippen molar-refractivity contribution in [2.24, 2.45) is 0 Å². The Morgan fingerprint density at radius 1 is 1.47 bits per heavy atom. The van der Waals surface area contributed by atoms with Crippen LogP contribution >= 0.6 is 0 Å². The van der Waals surface area contributed by atoms with Gasteiger partial charge in [0.15, 0.2) is 6.33 Å². The summed E-state index contributed by atoms with van der Waals surface area (Å²) in [5.41, 5.74) is -1.75. The molecule has 0 saturated carbocycles. The average Bonchev–Trinajstić information content (AvgIpc) is 3.32. The van der Waals surface area contributed by atoms with Gasteiger partial charge in [0.2, 0.25) is 11.8 Å². The summed E-state index contributed by atoms with van der Waals surface area (Å²) >= 11 is 0. The molecule has 11 heteroatoms. The van der Waals surface area contributed by atoms with Crippen LogP contribution in [0.25, 0.3) is 0 Å². The molecule has 30 heavy (non-hydrogen) atoms. The molecule has 2 aliphatic rings. The molecule has 2 fully saturated rings. The van der Waals surface area contributed by atoms with E-state index < -0.39 is 35.3 Å². The topological polar surface area (TPSA) is 138 Å². The highest BCUT2D eigenvalue weighted by Gasteiger charge is 2.65. The van der Waals surface area contributed by atoms with Crippen molar-refractivity contribution in [3.05, 3.63) is 12.2 Å². The smallest absolute Gasteiger partial charge is 0.408 e. The average molecular weight is 423 g/mol. The first-order valence-corrected chi connectivity index (χ1v) is 10.0. The number of amides is 3. The second-order valence-electron chi connectivity index (χ2n) is 8.83. The number of aromatic nitrogens is 2. The van der Waals surface area contributed by atoms with Crippen LogP contribution in [0.5, 0.6) is 0 Å². The molecule has 11 nitrogen and oxygen atoms in total.